The number of nitrogens with one attached hydrogen (secondary N) is 2. The molecule has 0 heterocycles. The van der Waals surface area contributed by atoms with Gasteiger partial charge in [0.25, 0.3) is 0 Å². The van der Waals surface area contributed by atoms with E-state index >= 15 is 0 Å². The monoisotopic (exact) mass is 464 g/mol. The number of ether oxygens (including phenoxy) is 1. The fourth-order valence-corrected chi connectivity index (χ4v) is 4.87. The van der Waals surface area contributed by atoms with Crippen molar-refractivity contribution in [2.24, 2.45) is 11.8 Å². The molecule has 0 spiro atoms. The Bertz CT molecular complexity index is 1000. The molecular formula is C27H32N2O5. The highest BCUT2D eigenvalue weighted by atomic mass is 16.5. The van der Waals surface area contributed by atoms with Crippen molar-refractivity contribution >= 4 is 18.0 Å². The third-order valence-electron chi connectivity index (χ3n) is 6.87. The zero-order valence-electron chi connectivity index (χ0n) is 19.5. The molecule has 4 rings (SSSR count). The van der Waals surface area contributed by atoms with E-state index < -0.39 is 12.1 Å². The first-order valence-electron chi connectivity index (χ1n) is 12.1. The number of carbonyl (C=O) groups is 3. The van der Waals surface area contributed by atoms with Crippen molar-refractivity contribution < 1.29 is 24.2 Å². The summed E-state index contributed by atoms with van der Waals surface area (Å²) in [5.74, 6) is -0.674. The van der Waals surface area contributed by atoms with Gasteiger partial charge in [-0.25, -0.2) is 4.79 Å². The van der Waals surface area contributed by atoms with Gasteiger partial charge >= 0.3 is 12.1 Å². The molecule has 1 fully saturated rings. The Morgan fingerprint density at radius 1 is 1.00 bits per heavy atom. The fourth-order valence-electron chi connectivity index (χ4n) is 4.87. The maximum atomic E-state index is 12.5. The van der Waals surface area contributed by atoms with Crippen LogP contribution in [-0.2, 0) is 14.3 Å². The standard InChI is InChI=1S/C27H32N2O5/c1-2-19(14-26(31)32)29-25(30)13-18(17-11-12-17)15-28-27(33)34-16-24-22-9-5-3-7-20(22)21-8-4-6-10-23(21)24/h3-10,17-19,24H,2,11-16H2,1H3,(H,28,33)(H,29,30)(H,31,32). The van der Waals surface area contributed by atoms with E-state index in [1.807, 2.05) is 31.2 Å². The third kappa shape index (κ3) is 5.76. The first-order valence-corrected chi connectivity index (χ1v) is 12.1. The van der Waals surface area contributed by atoms with Gasteiger partial charge in [-0.3, -0.25) is 9.59 Å². The van der Waals surface area contributed by atoms with Gasteiger partial charge in [-0.1, -0.05) is 55.5 Å². The van der Waals surface area contributed by atoms with Crippen LogP contribution in [0.4, 0.5) is 4.79 Å². The van der Waals surface area contributed by atoms with Gasteiger partial charge in [0.2, 0.25) is 5.91 Å². The van der Waals surface area contributed by atoms with E-state index in [1.54, 1.807) is 0 Å². The lowest BCUT2D eigenvalue weighted by Crippen LogP contribution is -2.39. The first kappa shape index (κ1) is 23.8. The Morgan fingerprint density at radius 3 is 2.18 bits per heavy atom. The zero-order valence-corrected chi connectivity index (χ0v) is 19.5. The average molecular weight is 465 g/mol. The van der Waals surface area contributed by atoms with E-state index in [0.29, 0.717) is 18.9 Å². The maximum absolute atomic E-state index is 12.5. The van der Waals surface area contributed by atoms with Crippen molar-refractivity contribution in [1.82, 2.24) is 10.6 Å². The van der Waals surface area contributed by atoms with Gasteiger partial charge in [0.1, 0.15) is 6.61 Å². The van der Waals surface area contributed by atoms with Crippen molar-refractivity contribution in [2.75, 3.05) is 13.2 Å². The second-order valence-corrected chi connectivity index (χ2v) is 9.28. The molecule has 2 aromatic rings. The number of hydrogen-bond donors (Lipinski definition) is 3. The molecule has 0 radical (unpaired) electrons. The minimum Gasteiger partial charge on any atom is -0.481 e. The van der Waals surface area contributed by atoms with Crippen molar-refractivity contribution in [3.05, 3.63) is 59.7 Å². The van der Waals surface area contributed by atoms with Crippen LogP contribution in [0.2, 0.25) is 0 Å². The van der Waals surface area contributed by atoms with E-state index in [4.69, 9.17) is 9.84 Å². The summed E-state index contributed by atoms with van der Waals surface area (Å²) in [5.41, 5.74) is 4.69. The number of amides is 2. The van der Waals surface area contributed by atoms with Gasteiger partial charge in [-0.2, -0.15) is 0 Å². The highest BCUT2D eigenvalue weighted by Gasteiger charge is 2.34. The lowest BCUT2D eigenvalue weighted by Gasteiger charge is -2.20. The van der Waals surface area contributed by atoms with Crippen LogP contribution >= 0.6 is 0 Å². The molecule has 7 nitrogen and oxygen atoms in total. The molecule has 0 bridgehead atoms. The first-order chi connectivity index (χ1) is 16.5. The van der Waals surface area contributed by atoms with Crippen molar-refractivity contribution in [3.63, 3.8) is 0 Å². The molecular weight excluding hydrogens is 432 g/mol. The number of carboxylic acid groups (broad SMARTS) is 1. The minimum absolute atomic E-state index is 0.00312. The minimum atomic E-state index is -0.928. The van der Waals surface area contributed by atoms with Crippen LogP contribution in [-0.4, -0.2) is 42.3 Å². The summed E-state index contributed by atoms with van der Waals surface area (Å²) < 4.78 is 5.61. The van der Waals surface area contributed by atoms with Crippen molar-refractivity contribution in [1.29, 1.82) is 0 Å². The molecule has 2 aliphatic rings. The molecule has 2 aliphatic carbocycles. The molecule has 3 N–H and O–H groups in total. The summed E-state index contributed by atoms with van der Waals surface area (Å²) in [6.45, 7) is 2.47. The molecule has 2 aromatic carbocycles. The molecule has 180 valence electrons. The normalized spacial score (nSPS) is 16.1. The van der Waals surface area contributed by atoms with E-state index in [0.717, 1.165) is 24.0 Å². The smallest absolute Gasteiger partial charge is 0.407 e. The highest BCUT2D eigenvalue weighted by Crippen LogP contribution is 2.44. The highest BCUT2D eigenvalue weighted by molar-refractivity contribution is 5.79. The Labute approximate surface area is 199 Å². The van der Waals surface area contributed by atoms with Gasteiger partial charge in [-0.05, 0) is 53.4 Å². The summed E-state index contributed by atoms with van der Waals surface area (Å²) >= 11 is 0. The molecule has 7 heteroatoms. The molecule has 34 heavy (non-hydrogen) atoms. The quantitative estimate of drug-likeness (QED) is 0.460. The van der Waals surface area contributed by atoms with Gasteiger partial charge in [0.05, 0.1) is 6.42 Å². The summed E-state index contributed by atoms with van der Waals surface area (Å²) in [7, 11) is 0. The summed E-state index contributed by atoms with van der Waals surface area (Å²) in [5, 5.41) is 14.6. The number of benzene rings is 2. The molecule has 1 saturated carbocycles. The number of hydrogen-bond acceptors (Lipinski definition) is 4. The van der Waals surface area contributed by atoms with E-state index in [1.165, 1.54) is 11.1 Å². The number of aliphatic carboxylic acids is 1. The Hall–Kier alpha value is -3.35. The van der Waals surface area contributed by atoms with Crippen LogP contribution in [0.3, 0.4) is 0 Å². The van der Waals surface area contributed by atoms with Crippen LogP contribution in [0, 0.1) is 11.8 Å². The fraction of sp³-hybridized carbons (Fsp3) is 0.444. The van der Waals surface area contributed by atoms with E-state index in [2.05, 4.69) is 34.9 Å². The predicted octanol–water partition coefficient (Wildman–Crippen LogP) is 4.31. The van der Waals surface area contributed by atoms with E-state index in [9.17, 15) is 14.4 Å². The summed E-state index contributed by atoms with van der Waals surface area (Å²) in [4.78, 5) is 35.9. The van der Waals surface area contributed by atoms with Crippen LogP contribution < -0.4 is 10.6 Å². The number of alkyl carbamates (subject to hydrolysis) is 1. The van der Waals surface area contributed by atoms with Crippen LogP contribution in [0.25, 0.3) is 11.1 Å². The SMILES string of the molecule is CCC(CC(=O)O)NC(=O)CC(CNC(=O)OCC1c2ccccc2-c2ccccc21)C1CC1. The van der Waals surface area contributed by atoms with Gasteiger partial charge in [-0.15, -0.1) is 0 Å². The molecule has 2 atom stereocenters. The lowest BCUT2D eigenvalue weighted by atomic mass is 9.98. The Balaban J connectivity index is 1.28. The summed E-state index contributed by atoms with van der Waals surface area (Å²) in [6, 6.07) is 16.0. The third-order valence-corrected chi connectivity index (χ3v) is 6.87. The molecule has 2 unspecified atom stereocenters. The number of rotatable bonds is 11. The molecule has 2 amide bonds. The average Bonchev–Trinajstić information content (AvgIpc) is 3.62. The molecule has 0 aromatic heterocycles. The van der Waals surface area contributed by atoms with Gasteiger partial charge in [0, 0.05) is 24.9 Å². The molecule has 0 saturated heterocycles. The van der Waals surface area contributed by atoms with Crippen LogP contribution in [0.5, 0.6) is 0 Å². The van der Waals surface area contributed by atoms with Crippen molar-refractivity contribution in [2.45, 2.75) is 51.0 Å². The van der Waals surface area contributed by atoms with Crippen LogP contribution in [0.1, 0.15) is 56.1 Å². The number of carbonyl (C=O) groups excluding carboxylic acids is 2. The van der Waals surface area contributed by atoms with Gasteiger partial charge in [0.15, 0.2) is 0 Å². The number of fused-ring (bicyclic) bond motifs is 3. The summed E-state index contributed by atoms with van der Waals surface area (Å²) in [6.07, 6.45) is 2.33. The zero-order chi connectivity index (χ0) is 24.1. The topological polar surface area (TPSA) is 105 Å². The maximum Gasteiger partial charge on any atom is 0.407 e. The largest absolute Gasteiger partial charge is 0.481 e. The second kappa shape index (κ2) is 10.7. The lowest BCUT2D eigenvalue weighted by molar-refractivity contribution is -0.137. The van der Waals surface area contributed by atoms with Crippen molar-refractivity contribution in [3.8, 4) is 11.1 Å². The molecule has 0 aliphatic heterocycles. The van der Waals surface area contributed by atoms with E-state index in [-0.39, 0.29) is 43.2 Å². The number of carboxylic acids is 1. The Kier molecular flexibility index (Phi) is 7.50. The predicted molar refractivity (Wildman–Crippen MR) is 128 cm³/mol. The Morgan fingerprint density at radius 2 is 1.62 bits per heavy atom. The van der Waals surface area contributed by atoms with Gasteiger partial charge < -0.3 is 20.5 Å². The second-order valence-electron chi connectivity index (χ2n) is 9.28. The van der Waals surface area contributed by atoms with Crippen LogP contribution in [0.15, 0.2) is 48.5 Å².